The summed E-state index contributed by atoms with van der Waals surface area (Å²) in [5.41, 5.74) is 1.07. The number of H-pyrrole nitrogens is 2. The lowest BCUT2D eigenvalue weighted by molar-refractivity contribution is 0.631. The summed E-state index contributed by atoms with van der Waals surface area (Å²) in [6.45, 7) is 0. The van der Waals surface area contributed by atoms with E-state index in [0.29, 0.717) is 22.8 Å². The van der Waals surface area contributed by atoms with Crippen molar-refractivity contribution in [2.45, 2.75) is 0 Å². The number of benzene rings is 1. The number of rotatable bonds is 3. The fourth-order valence-corrected chi connectivity index (χ4v) is 2.29. The molecule has 0 amide bonds. The zero-order chi connectivity index (χ0) is 14.8. The summed E-state index contributed by atoms with van der Waals surface area (Å²) >= 11 is 2.04. The zero-order valence-corrected chi connectivity index (χ0v) is 12.7. The molecule has 0 bridgehead atoms. The van der Waals surface area contributed by atoms with Gasteiger partial charge in [0.15, 0.2) is 5.82 Å². The molecule has 0 unspecified atom stereocenters. The molecule has 0 aliphatic carbocycles. The fraction of sp³-hybridized carbons (Fsp3) is 0. The summed E-state index contributed by atoms with van der Waals surface area (Å²) in [4.78, 5) is 17.7. The molecule has 6 nitrogen and oxygen atoms in total. The molecular weight excluding hydrogens is 388 g/mol. The first-order chi connectivity index (χ1) is 10.1. The zero-order valence-electron chi connectivity index (χ0n) is 10.5. The van der Waals surface area contributed by atoms with E-state index in [1.165, 1.54) is 6.07 Å². The molecule has 0 saturated carbocycles. The van der Waals surface area contributed by atoms with E-state index >= 15 is 0 Å². The minimum absolute atomic E-state index is 0.322. The van der Waals surface area contributed by atoms with Crippen LogP contribution >= 0.6 is 22.6 Å². The Morgan fingerprint density at radius 3 is 2.81 bits per heavy atom. The normalized spacial score (nSPS) is 10.6. The third-order valence-electron chi connectivity index (χ3n) is 2.78. The summed E-state index contributed by atoms with van der Waals surface area (Å²) in [6, 6.07) is 6.54. The third kappa shape index (κ3) is 2.94. The molecule has 21 heavy (non-hydrogen) atoms. The number of hydrogen-bond donors (Lipinski definition) is 3. The summed E-state index contributed by atoms with van der Waals surface area (Å²) in [5.74, 6) is -0.0111. The Labute approximate surface area is 132 Å². The number of hydrogen-bond acceptors (Lipinski definition) is 4. The van der Waals surface area contributed by atoms with E-state index in [9.17, 15) is 9.18 Å². The highest BCUT2D eigenvalue weighted by Crippen LogP contribution is 2.28. The van der Waals surface area contributed by atoms with Gasteiger partial charge in [0.05, 0.1) is 17.6 Å². The minimum atomic E-state index is -0.409. The molecular formula is C13H9FIN5O. The third-order valence-corrected chi connectivity index (χ3v) is 3.45. The van der Waals surface area contributed by atoms with Crippen molar-refractivity contribution >= 4 is 34.0 Å². The number of nitrogens with one attached hydrogen (secondary N) is 3. The van der Waals surface area contributed by atoms with E-state index in [1.807, 2.05) is 22.6 Å². The monoisotopic (exact) mass is 397 g/mol. The van der Waals surface area contributed by atoms with Crippen LogP contribution in [0.1, 0.15) is 0 Å². The van der Waals surface area contributed by atoms with Crippen molar-refractivity contribution in [2.24, 2.45) is 0 Å². The van der Waals surface area contributed by atoms with Gasteiger partial charge in [-0.2, -0.15) is 5.10 Å². The quantitative estimate of drug-likeness (QED) is 0.594. The second kappa shape index (κ2) is 5.64. The first-order valence-corrected chi connectivity index (χ1v) is 7.02. The summed E-state index contributed by atoms with van der Waals surface area (Å²) in [5, 5.41) is 9.12. The highest BCUT2D eigenvalue weighted by molar-refractivity contribution is 14.1. The van der Waals surface area contributed by atoms with Crippen LogP contribution in [-0.2, 0) is 0 Å². The Morgan fingerprint density at radius 1 is 1.24 bits per heavy atom. The average Bonchev–Trinajstić information content (AvgIpc) is 2.89. The molecule has 0 saturated heterocycles. The Bertz CT molecular complexity index is 844. The second-order valence-corrected chi connectivity index (χ2v) is 5.44. The van der Waals surface area contributed by atoms with Crippen LogP contribution in [0.3, 0.4) is 0 Å². The van der Waals surface area contributed by atoms with E-state index in [0.717, 1.165) is 3.57 Å². The summed E-state index contributed by atoms with van der Waals surface area (Å²) in [6.07, 6.45) is 3.11. The molecule has 1 aromatic carbocycles. The van der Waals surface area contributed by atoms with Gasteiger partial charge >= 0.3 is 5.69 Å². The maximum atomic E-state index is 13.9. The van der Waals surface area contributed by atoms with Gasteiger partial charge in [-0.05, 0) is 46.9 Å². The maximum Gasteiger partial charge on any atom is 0.340 e. The van der Waals surface area contributed by atoms with Crippen molar-refractivity contribution in [1.29, 1.82) is 0 Å². The lowest BCUT2D eigenvalue weighted by atomic mass is 10.2. The van der Waals surface area contributed by atoms with Crippen LogP contribution in [0.5, 0.6) is 0 Å². The van der Waals surface area contributed by atoms with Crippen molar-refractivity contribution in [1.82, 2.24) is 20.2 Å². The SMILES string of the molecule is O=c1[nH]nc(-c2ccncc2Nc2ccc(I)cc2F)[nH]1. The first-order valence-electron chi connectivity index (χ1n) is 5.94. The topological polar surface area (TPSA) is 86.5 Å². The first kappa shape index (κ1) is 13.7. The second-order valence-electron chi connectivity index (χ2n) is 4.20. The molecule has 0 aliphatic heterocycles. The molecule has 8 heteroatoms. The fourth-order valence-electron chi connectivity index (χ4n) is 1.83. The van der Waals surface area contributed by atoms with Gasteiger partial charge in [0, 0.05) is 15.3 Å². The number of aromatic nitrogens is 4. The van der Waals surface area contributed by atoms with Crippen LogP contribution in [0.4, 0.5) is 15.8 Å². The van der Waals surface area contributed by atoms with Crippen molar-refractivity contribution in [2.75, 3.05) is 5.32 Å². The average molecular weight is 397 g/mol. The van der Waals surface area contributed by atoms with Crippen LogP contribution in [-0.4, -0.2) is 20.2 Å². The smallest absolute Gasteiger partial charge is 0.340 e. The summed E-state index contributed by atoms with van der Waals surface area (Å²) in [7, 11) is 0. The van der Waals surface area contributed by atoms with Gasteiger partial charge in [0.1, 0.15) is 5.82 Å². The number of halogens is 2. The minimum Gasteiger partial charge on any atom is -0.351 e. The van der Waals surface area contributed by atoms with Crippen molar-refractivity contribution in [3.05, 3.63) is 56.5 Å². The molecule has 3 aromatic rings. The highest BCUT2D eigenvalue weighted by atomic mass is 127. The van der Waals surface area contributed by atoms with Crippen LogP contribution in [0, 0.1) is 9.39 Å². The molecule has 0 atom stereocenters. The van der Waals surface area contributed by atoms with Gasteiger partial charge < -0.3 is 5.32 Å². The molecule has 2 aromatic heterocycles. The Kier molecular flexibility index (Phi) is 3.69. The van der Waals surface area contributed by atoms with Crippen LogP contribution in [0.2, 0.25) is 0 Å². The van der Waals surface area contributed by atoms with Crippen LogP contribution in [0.15, 0.2) is 41.5 Å². The van der Waals surface area contributed by atoms with Crippen LogP contribution in [0.25, 0.3) is 11.4 Å². The lowest BCUT2D eigenvalue weighted by Crippen LogP contribution is -2.01. The van der Waals surface area contributed by atoms with Gasteiger partial charge in [-0.25, -0.2) is 14.3 Å². The largest absolute Gasteiger partial charge is 0.351 e. The van der Waals surface area contributed by atoms with Gasteiger partial charge in [0.2, 0.25) is 0 Å². The van der Waals surface area contributed by atoms with Gasteiger partial charge in [-0.15, -0.1) is 0 Å². The van der Waals surface area contributed by atoms with Gasteiger partial charge in [0.25, 0.3) is 0 Å². The van der Waals surface area contributed by atoms with Crippen molar-refractivity contribution in [3.63, 3.8) is 0 Å². The Balaban J connectivity index is 2.01. The Morgan fingerprint density at radius 2 is 2.10 bits per heavy atom. The van der Waals surface area contributed by atoms with Gasteiger partial charge in [-0.1, -0.05) is 0 Å². The highest BCUT2D eigenvalue weighted by Gasteiger charge is 2.11. The summed E-state index contributed by atoms with van der Waals surface area (Å²) < 4.78 is 14.7. The molecule has 0 spiro atoms. The van der Waals surface area contributed by atoms with Crippen molar-refractivity contribution in [3.8, 4) is 11.4 Å². The van der Waals surface area contributed by atoms with E-state index in [-0.39, 0.29) is 5.82 Å². The predicted molar refractivity (Wildman–Crippen MR) is 84.8 cm³/mol. The molecule has 0 fully saturated rings. The number of anilines is 2. The number of nitrogens with zero attached hydrogens (tertiary/aromatic N) is 2. The van der Waals surface area contributed by atoms with E-state index in [4.69, 9.17) is 0 Å². The standard InChI is InChI=1S/C13H9FIN5O/c14-9-5-7(15)1-2-10(9)17-11-6-16-4-3-8(11)12-18-13(21)20-19-12/h1-6,17H,(H2,18,19,20,21). The van der Waals surface area contributed by atoms with E-state index < -0.39 is 5.69 Å². The van der Waals surface area contributed by atoms with Crippen LogP contribution < -0.4 is 11.0 Å². The van der Waals surface area contributed by atoms with E-state index in [1.54, 1.807) is 30.6 Å². The van der Waals surface area contributed by atoms with E-state index in [2.05, 4.69) is 25.5 Å². The lowest BCUT2D eigenvalue weighted by Gasteiger charge is -2.10. The molecule has 106 valence electrons. The maximum absolute atomic E-state index is 13.9. The molecule has 0 aliphatic rings. The molecule has 3 N–H and O–H groups in total. The molecule has 3 rings (SSSR count). The Hall–Kier alpha value is -2.23. The number of pyridine rings is 1. The molecule has 2 heterocycles. The predicted octanol–water partition coefficient (Wildman–Crippen LogP) is 2.65. The van der Waals surface area contributed by atoms with Gasteiger partial charge in [-0.3, -0.25) is 9.97 Å². The van der Waals surface area contributed by atoms with Crippen molar-refractivity contribution < 1.29 is 4.39 Å². The molecule has 0 radical (unpaired) electrons. The number of aromatic amines is 2.